The molecule has 0 radical (unpaired) electrons. The predicted molar refractivity (Wildman–Crippen MR) is 95.1 cm³/mol. The highest BCUT2D eigenvalue weighted by atomic mass is 16.5. The first-order valence-corrected chi connectivity index (χ1v) is 7.87. The van der Waals surface area contributed by atoms with Crippen molar-refractivity contribution in [3.05, 3.63) is 53.6 Å². The fourth-order valence-corrected chi connectivity index (χ4v) is 2.38. The van der Waals surface area contributed by atoms with Crippen molar-refractivity contribution in [1.29, 1.82) is 0 Å². The maximum Gasteiger partial charge on any atom is 0.142 e. The molecule has 0 bridgehead atoms. The van der Waals surface area contributed by atoms with Gasteiger partial charge in [-0.1, -0.05) is 29.8 Å². The maximum atomic E-state index is 5.81. The molecule has 2 aromatic rings. The van der Waals surface area contributed by atoms with E-state index in [9.17, 15) is 0 Å². The Kier molecular flexibility index (Phi) is 5.70. The maximum absolute atomic E-state index is 5.81. The van der Waals surface area contributed by atoms with Crippen molar-refractivity contribution < 1.29 is 4.74 Å². The van der Waals surface area contributed by atoms with Gasteiger partial charge in [0.05, 0.1) is 11.8 Å². The van der Waals surface area contributed by atoms with Crippen molar-refractivity contribution in [3.63, 3.8) is 0 Å². The van der Waals surface area contributed by atoms with Gasteiger partial charge in [0, 0.05) is 18.8 Å². The molecule has 2 N–H and O–H groups in total. The zero-order valence-electron chi connectivity index (χ0n) is 13.9. The molecule has 0 aliphatic rings. The zero-order chi connectivity index (χ0) is 15.9. The molecule has 2 aromatic carbocycles. The van der Waals surface area contributed by atoms with Crippen LogP contribution in [0.4, 0.5) is 11.4 Å². The quantitative estimate of drug-likeness (QED) is 0.732. The highest BCUT2D eigenvalue weighted by Gasteiger charge is 2.04. The number of ether oxygens (including phenoxy) is 1. The summed E-state index contributed by atoms with van der Waals surface area (Å²) in [7, 11) is 0. The molecule has 0 unspecified atom stereocenters. The summed E-state index contributed by atoms with van der Waals surface area (Å²) in [5.74, 6) is 0.906. The van der Waals surface area contributed by atoms with Crippen molar-refractivity contribution in [1.82, 2.24) is 0 Å². The van der Waals surface area contributed by atoms with Gasteiger partial charge in [0.2, 0.25) is 0 Å². The summed E-state index contributed by atoms with van der Waals surface area (Å²) in [6, 6.07) is 14.5. The molecule has 2 rings (SSSR count). The Balaban J connectivity index is 1.86. The standard InChI is InChI=1S/C19H26N2O/c1-14(2)22-19-8-6-5-7-18(19)21-12-11-20-17-10-9-15(3)13-16(17)4/h5-10,13-14,20-21H,11-12H2,1-4H3. The number of aryl methyl sites for hydroxylation is 2. The molecule has 118 valence electrons. The molecule has 0 heterocycles. The highest BCUT2D eigenvalue weighted by Crippen LogP contribution is 2.24. The SMILES string of the molecule is Cc1ccc(NCCNc2ccccc2OC(C)C)c(C)c1. The summed E-state index contributed by atoms with van der Waals surface area (Å²) in [5.41, 5.74) is 4.81. The minimum Gasteiger partial charge on any atom is -0.489 e. The van der Waals surface area contributed by atoms with Crippen LogP contribution in [0, 0.1) is 13.8 Å². The van der Waals surface area contributed by atoms with E-state index >= 15 is 0 Å². The zero-order valence-corrected chi connectivity index (χ0v) is 13.9. The second-order valence-corrected chi connectivity index (χ2v) is 5.83. The third-order valence-electron chi connectivity index (χ3n) is 3.39. The number of nitrogens with one attached hydrogen (secondary N) is 2. The lowest BCUT2D eigenvalue weighted by molar-refractivity contribution is 0.243. The average molecular weight is 298 g/mol. The topological polar surface area (TPSA) is 33.3 Å². The Morgan fingerprint density at radius 1 is 0.909 bits per heavy atom. The van der Waals surface area contributed by atoms with E-state index in [0.29, 0.717) is 0 Å². The number of hydrogen-bond donors (Lipinski definition) is 2. The molecule has 0 aliphatic carbocycles. The summed E-state index contributed by atoms with van der Waals surface area (Å²) in [4.78, 5) is 0. The minimum absolute atomic E-state index is 0.177. The number of para-hydroxylation sites is 2. The van der Waals surface area contributed by atoms with Gasteiger partial charge in [0.25, 0.3) is 0 Å². The van der Waals surface area contributed by atoms with Crippen LogP contribution in [0.5, 0.6) is 5.75 Å². The lowest BCUT2D eigenvalue weighted by Gasteiger charge is -2.16. The summed E-state index contributed by atoms with van der Waals surface area (Å²) >= 11 is 0. The van der Waals surface area contributed by atoms with Crippen LogP contribution in [0.1, 0.15) is 25.0 Å². The summed E-state index contributed by atoms with van der Waals surface area (Å²) in [6.07, 6.45) is 0.177. The van der Waals surface area contributed by atoms with Crippen LogP contribution in [-0.2, 0) is 0 Å². The molecule has 3 heteroatoms. The molecule has 22 heavy (non-hydrogen) atoms. The Morgan fingerprint density at radius 2 is 1.59 bits per heavy atom. The molecule has 0 saturated heterocycles. The number of rotatable bonds is 7. The predicted octanol–water partition coefficient (Wildman–Crippen LogP) is 4.61. The molecule has 0 spiro atoms. The molecular formula is C19H26N2O. The second kappa shape index (κ2) is 7.74. The first-order valence-electron chi connectivity index (χ1n) is 7.87. The van der Waals surface area contributed by atoms with E-state index < -0.39 is 0 Å². The minimum atomic E-state index is 0.177. The average Bonchev–Trinajstić information content (AvgIpc) is 2.46. The first-order chi connectivity index (χ1) is 10.6. The van der Waals surface area contributed by atoms with E-state index in [4.69, 9.17) is 4.74 Å². The van der Waals surface area contributed by atoms with E-state index in [1.807, 2.05) is 32.0 Å². The van der Waals surface area contributed by atoms with Crippen LogP contribution in [-0.4, -0.2) is 19.2 Å². The van der Waals surface area contributed by atoms with Gasteiger partial charge >= 0.3 is 0 Å². The van der Waals surface area contributed by atoms with E-state index in [0.717, 1.165) is 24.5 Å². The fourth-order valence-electron chi connectivity index (χ4n) is 2.38. The van der Waals surface area contributed by atoms with Crippen molar-refractivity contribution in [2.24, 2.45) is 0 Å². The largest absolute Gasteiger partial charge is 0.489 e. The van der Waals surface area contributed by atoms with Gasteiger partial charge in [0.1, 0.15) is 5.75 Å². The lowest BCUT2D eigenvalue weighted by Crippen LogP contribution is -2.15. The third-order valence-corrected chi connectivity index (χ3v) is 3.39. The second-order valence-electron chi connectivity index (χ2n) is 5.83. The van der Waals surface area contributed by atoms with Crippen LogP contribution in [0.3, 0.4) is 0 Å². The van der Waals surface area contributed by atoms with Crippen molar-refractivity contribution in [3.8, 4) is 5.75 Å². The van der Waals surface area contributed by atoms with E-state index in [1.54, 1.807) is 0 Å². The molecule has 0 aliphatic heterocycles. The lowest BCUT2D eigenvalue weighted by atomic mass is 10.1. The van der Waals surface area contributed by atoms with E-state index in [1.165, 1.54) is 16.8 Å². The third kappa shape index (κ3) is 4.69. The van der Waals surface area contributed by atoms with Gasteiger partial charge in [-0.05, 0) is 51.5 Å². The molecule has 0 fully saturated rings. The van der Waals surface area contributed by atoms with Gasteiger partial charge in [-0.3, -0.25) is 0 Å². The van der Waals surface area contributed by atoms with Gasteiger partial charge < -0.3 is 15.4 Å². The highest BCUT2D eigenvalue weighted by molar-refractivity contribution is 5.57. The summed E-state index contributed by atoms with van der Waals surface area (Å²) < 4.78 is 5.81. The van der Waals surface area contributed by atoms with Crippen LogP contribution in [0.15, 0.2) is 42.5 Å². The molecule has 0 aromatic heterocycles. The fraction of sp³-hybridized carbons (Fsp3) is 0.368. The van der Waals surface area contributed by atoms with Gasteiger partial charge in [-0.15, -0.1) is 0 Å². The van der Waals surface area contributed by atoms with Crippen LogP contribution in [0.2, 0.25) is 0 Å². The van der Waals surface area contributed by atoms with E-state index in [2.05, 4.69) is 48.7 Å². The Labute approximate surface area is 133 Å². The monoisotopic (exact) mass is 298 g/mol. The normalized spacial score (nSPS) is 10.6. The Morgan fingerprint density at radius 3 is 2.27 bits per heavy atom. The Hall–Kier alpha value is -2.16. The van der Waals surface area contributed by atoms with Crippen molar-refractivity contribution >= 4 is 11.4 Å². The van der Waals surface area contributed by atoms with Gasteiger partial charge in [-0.25, -0.2) is 0 Å². The molecule has 3 nitrogen and oxygen atoms in total. The smallest absolute Gasteiger partial charge is 0.142 e. The van der Waals surface area contributed by atoms with Gasteiger partial charge in [0.15, 0.2) is 0 Å². The first kappa shape index (κ1) is 16.2. The molecule has 0 saturated carbocycles. The number of anilines is 2. The molecular weight excluding hydrogens is 272 g/mol. The van der Waals surface area contributed by atoms with Gasteiger partial charge in [-0.2, -0.15) is 0 Å². The number of benzene rings is 2. The summed E-state index contributed by atoms with van der Waals surface area (Å²) in [6.45, 7) is 10.0. The van der Waals surface area contributed by atoms with Crippen LogP contribution < -0.4 is 15.4 Å². The van der Waals surface area contributed by atoms with E-state index in [-0.39, 0.29) is 6.10 Å². The Bertz CT molecular complexity index is 608. The van der Waals surface area contributed by atoms with Crippen molar-refractivity contribution in [2.45, 2.75) is 33.8 Å². The summed E-state index contributed by atoms with van der Waals surface area (Å²) in [5, 5.41) is 6.90. The number of hydrogen-bond acceptors (Lipinski definition) is 3. The van der Waals surface area contributed by atoms with Crippen LogP contribution >= 0.6 is 0 Å². The molecule has 0 amide bonds. The molecule has 0 atom stereocenters. The van der Waals surface area contributed by atoms with Crippen LogP contribution in [0.25, 0.3) is 0 Å². The van der Waals surface area contributed by atoms with Crippen molar-refractivity contribution in [2.75, 3.05) is 23.7 Å².